The minimum Gasteiger partial charge on any atom is -0.486 e. The Labute approximate surface area is 130 Å². The van der Waals surface area contributed by atoms with Gasteiger partial charge in [-0.3, -0.25) is 0 Å². The van der Waals surface area contributed by atoms with Crippen LogP contribution >= 0.6 is 27.3 Å². The van der Waals surface area contributed by atoms with Crippen LogP contribution in [0.4, 0.5) is 0 Å². The first-order valence-corrected chi connectivity index (χ1v) is 8.13. The van der Waals surface area contributed by atoms with E-state index in [1.165, 1.54) is 0 Å². The number of ether oxygens (including phenoxy) is 2. The van der Waals surface area contributed by atoms with E-state index in [2.05, 4.69) is 31.6 Å². The fraction of sp³-hybridized carbons (Fsp3) is 0.357. The van der Waals surface area contributed by atoms with Crippen molar-refractivity contribution in [2.75, 3.05) is 26.8 Å². The highest BCUT2D eigenvalue weighted by atomic mass is 79.9. The minimum absolute atomic E-state index is 0.596. The number of rotatable bonds is 4. The molecule has 0 amide bonds. The molecule has 0 bridgehead atoms. The molecule has 1 aliphatic rings. The van der Waals surface area contributed by atoms with Crippen LogP contribution in [0.3, 0.4) is 0 Å². The van der Waals surface area contributed by atoms with Crippen LogP contribution in [0.15, 0.2) is 22.0 Å². The third kappa shape index (κ3) is 2.82. The van der Waals surface area contributed by atoms with Crippen molar-refractivity contribution in [1.82, 2.24) is 10.3 Å². The van der Waals surface area contributed by atoms with Crippen LogP contribution in [0, 0.1) is 0 Å². The number of fused-ring (bicyclic) bond motifs is 1. The van der Waals surface area contributed by atoms with Crippen molar-refractivity contribution in [3.8, 4) is 22.8 Å². The highest BCUT2D eigenvalue weighted by Crippen LogP contribution is 2.40. The van der Waals surface area contributed by atoms with Crippen molar-refractivity contribution >= 4 is 27.3 Å². The van der Waals surface area contributed by atoms with Crippen LogP contribution in [0.1, 0.15) is 5.01 Å². The number of halogens is 1. The number of nitrogens with zero attached hydrogens (tertiary/aromatic N) is 1. The van der Waals surface area contributed by atoms with Gasteiger partial charge in [0, 0.05) is 28.4 Å². The standard InChI is InChI=1S/C14H15BrN2O2S/c1-16-3-2-14-17-11(8-20-14)9-6-12-13(7-10(9)15)19-5-4-18-12/h6-8,16H,2-5H2,1H3. The highest BCUT2D eigenvalue weighted by Gasteiger charge is 2.17. The second-order valence-electron chi connectivity index (χ2n) is 4.46. The van der Waals surface area contributed by atoms with Gasteiger partial charge in [-0.25, -0.2) is 4.98 Å². The van der Waals surface area contributed by atoms with Crippen molar-refractivity contribution in [1.29, 1.82) is 0 Å². The molecule has 0 aliphatic carbocycles. The maximum absolute atomic E-state index is 5.63. The van der Waals surface area contributed by atoms with E-state index in [1.54, 1.807) is 11.3 Å². The van der Waals surface area contributed by atoms with Crippen LogP contribution in [-0.2, 0) is 6.42 Å². The fourth-order valence-electron chi connectivity index (χ4n) is 2.04. The third-order valence-corrected chi connectivity index (χ3v) is 4.61. The second-order valence-corrected chi connectivity index (χ2v) is 6.25. The molecule has 0 saturated heterocycles. The van der Waals surface area contributed by atoms with Gasteiger partial charge < -0.3 is 14.8 Å². The van der Waals surface area contributed by atoms with Crippen LogP contribution < -0.4 is 14.8 Å². The van der Waals surface area contributed by atoms with E-state index in [9.17, 15) is 0 Å². The lowest BCUT2D eigenvalue weighted by molar-refractivity contribution is 0.171. The van der Waals surface area contributed by atoms with Gasteiger partial charge in [0.05, 0.1) is 10.7 Å². The zero-order valence-electron chi connectivity index (χ0n) is 11.1. The summed E-state index contributed by atoms with van der Waals surface area (Å²) in [6, 6.07) is 3.95. The summed E-state index contributed by atoms with van der Waals surface area (Å²) in [6.45, 7) is 2.14. The average Bonchev–Trinajstić information content (AvgIpc) is 2.93. The molecule has 2 heterocycles. The van der Waals surface area contributed by atoms with E-state index in [4.69, 9.17) is 9.47 Å². The van der Waals surface area contributed by atoms with E-state index in [-0.39, 0.29) is 0 Å². The van der Waals surface area contributed by atoms with Crippen LogP contribution in [-0.4, -0.2) is 31.8 Å². The Hall–Kier alpha value is -1.11. The molecule has 0 saturated carbocycles. The lowest BCUT2D eigenvalue weighted by Crippen LogP contribution is -2.15. The summed E-state index contributed by atoms with van der Waals surface area (Å²) in [5.74, 6) is 1.58. The molecule has 106 valence electrons. The quantitative estimate of drug-likeness (QED) is 0.915. The molecule has 1 aromatic heterocycles. The predicted octanol–water partition coefficient (Wildman–Crippen LogP) is 3.11. The van der Waals surface area contributed by atoms with Crippen molar-refractivity contribution in [3.05, 3.63) is 27.0 Å². The smallest absolute Gasteiger partial charge is 0.162 e. The van der Waals surface area contributed by atoms with Crippen molar-refractivity contribution in [3.63, 3.8) is 0 Å². The third-order valence-electron chi connectivity index (χ3n) is 3.05. The van der Waals surface area contributed by atoms with E-state index in [0.29, 0.717) is 13.2 Å². The van der Waals surface area contributed by atoms with E-state index in [0.717, 1.165) is 45.2 Å². The number of aromatic nitrogens is 1. The molecule has 0 fully saturated rings. The molecule has 0 spiro atoms. The first kappa shape index (κ1) is 13.9. The zero-order chi connectivity index (χ0) is 13.9. The van der Waals surface area contributed by atoms with Crippen molar-refractivity contribution < 1.29 is 9.47 Å². The summed E-state index contributed by atoms with van der Waals surface area (Å²) in [7, 11) is 1.95. The second kappa shape index (κ2) is 6.11. The van der Waals surface area contributed by atoms with Gasteiger partial charge in [0.2, 0.25) is 0 Å². The molecular formula is C14H15BrN2O2S. The Morgan fingerprint density at radius 3 is 2.80 bits per heavy atom. The zero-order valence-corrected chi connectivity index (χ0v) is 13.5. The number of hydrogen-bond donors (Lipinski definition) is 1. The summed E-state index contributed by atoms with van der Waals surface area (Å²) >= 11 is 5.28. The fourth-order valence-corrected chi connectivity index (χ4v) is 3.37. The predicted molar refractivity (Wildman–Crippen MR) is 83.9 cm³/mol. The first-order valence-electron chi connectivity index (χ1n) is 6.46. The molecule has 0 unspecified atom stereocenters. The summed E-state index contributed by atoms with van der Waals surface area (Å²) in [6.07, 6.45) is 0.948. The van der Waals surface area contributed by atoms with Gasteiger partial charge in [-0.1, -0.05) is 0 Å². The van der Waals surface area contributed by atoms with Gasteiger partial charge >= 0.3 is 0 Å². The van der Waals surface area contributed by atoms with Gasteiger partial charge in [0.15, 0.2) is 11.5 Å². The van der Waals surface area contributed by atoms with Gasteiger partial charge in [0.1, 0.15) is 13.2 Å². The highest BCUT2D eigenvalue weighted by molar-refractivity contribution is 9.10. The summed E-state index contributed by atoms with van der Waals surface area (Å²) in [5, 5.41) is 6.36. The molecule has 6 heteroatoms. The first-order chi connectivity index (χ1) is 9.78. The molecule has 4 nitrogen and oxygen atoms in total. The maximum atomic E-state index is 5.63. The Balaban J connectivity index is 1.91. The largest absolute Gasteiger partial charge is 0.486 e. The molecular weight excluding hydrogens is 340 g/mol. The normalized spacial score (nSPS) is 13.5. The Bertz CT molecular complexity index is 615. The van der Waals surface area contributed by atoms with Gasteiger partial charge in [0.25, 0.3) is 0 Å². The molecule has 1 aliphatic heterocycles. The van der Waals surface area contributed by atoms with E-state index < -0.39 is 0 Å². The Morgan fingerprint density at radius 2 is 2.05 bits per heavy atom. The summed E-state index contributed by atoms with van der Waals surface area (Å²) < 4.78 is 12.2. The lowest BCUT2D eigenvalue weighted by atomic mass is 10.1. The Morgan fingerprint density at radius 1 is 1.30 bits per heavy atom. The van der Waals surface area contributed by atoms with E-state index in [1.807, 2.05) is 19.2 Å². The molecule has 0 radical (unpaired) electrons. The SMILES string of the molecule is CNCCc1nc(-c2cc3c(cc2Br)OCCO3)cs1. The summed E-state index contributed by atoms with van der Waals surface area (Å²) in [4.78, 5) is 4.68. The van der Waals surface area contributed by atoms with Gasteiger partial charge in [-0.05, 0) is 35.1 Å². The molecule has 1 N–H and O–H groups in total. The van der Waals surface area contributed by atoms with Crippen LogP contribution in [0.2, 0.25) is 0 Å². The Kier molecular flexibility index (Phi) is 4.24. The monoisotopic (exact) mass is 354 g/mol. The summed E-state index contributed by atoms with van der Waals surface area (Å²) in [5.41, 5.74) is 2.02. The number of nitrogens with one attached hydrogen (secondary N) is 1. The average molecular weight is 355 g/mol. The lowest BCUT2D eigenvalue weighted by Gasteiger charge is -2.19. The molecule has 1 aromatic carbocycles. The molecule has 0 atom stereocenters. The van der Waals surface area contributed by atoms with Gasteiger partial charge in [-0.15, -0.1) is 11.3 Å². The molecule has 20 heavy (non-hydrogen) atoms. The maximum Gasteiger partial charge on any atom is 0.162 e. The van der Waals surface area contributed by atoms with Gasteiger partial charge in [-0.2, -0.15) is 0 Å². The van der Waals surface area contributed by atoms with Crippen LogP contribution in [0.5, 0.6) is 11.5 Å². The van der Waals surface area contributed by atoms with Crippen molar-refractivity contribution in [2.45, 2.75) is 6.42 Å². The molecule has 3 rings (SSSR count). The van der Waals surface area contributed by atoms with E-state index >= 15 is 0 Å². The topological polar surface area (TPSA) is 43.4 Å². The van der Waals surface area contributed by atoms with Crippen molar-refractivity contribution in [2.24, 2.45) is 0 Å². The molecule has 2 aromatic rings. The minimum atomic E-state index is 0.596. The number of thiazole rings is 1. The number of hydrogen-bond acceptors (Lipinski definition) is 5. The van der Waals surface area contributed by atoms with Crippen LogP contribution in [0.25, 0.3) is 11.3 Å². The number of likely N-dealkylation sites (N-methyl/N-ethyl adjacent to an activating group) is 1. The number of benzene rings is 1.